The minimum absolute atomic E-state index is 0.440. The van der Waals surface area contributed by atoms with Crippen molar-refractivity contribution in [1.82, 2.24) is 10.2 Å². The molecule has 16 heavy (non-hydrogen) atoms. The van der Waals surface area contributed by atoms with E-state index >= 15 is 0 Å². The summed E-state index contributed by atoms with van der Waals surface area (Å²) in [5, 5.41) is 13.6. The van der Waals surface area contributed by atoms with Gasteiger partial charge in [-0.3, -0.25) is 0 Å². The van der Waals surface area contributed by atoms with Crippen molar-refractivity contribution >= 4 is 0 Å². The molecule has 3 heteroatoms. The highest BCUT2D eigenvalue weighted by Crippen LogP contribution is 2.13. The molecule has 1 saturated heterocycles. The van der Waals surface area contributed by atoms with Gasteiger partial charge in [0.25, 0.3) is 0 Å². The van der Waals surface area contributed by atoms with Crippen LogP contribution in [0, 0.1) is 0 Å². The van der Waals surface area contributed by atoms with Crippen molar-refractivity contribution in [3.05, 3.63) is 0 Å². The molecule has 0 aromatic rings. The second-order valence-corrected chi connectivity index (χ2v) is 5.72. The minimum atomic E-state index is -0.603. The molecule has 96 valence electrons. The van der Waals surface area contributed by atoms with Gasteiger partial charge in [-0.2, -0.15) is 0 Å². The maximum atomic E-state index is 10.3. The first kappa shape index (κ1) is 13.9. The molecule has 0 aliphatic carbocycles. The number of rotatable bonds is 5. The lowest BCUT2D eigenvalue weighted by atomic mass is 10.1. The van der Waals surface area contributed by atoms with Crippen LogP contribution in [0.2, 0.25) is 0 Å². The second-order valence-electron chi connectivity index (χ2n) is 5.72. The molecule has 0 radical (unpaired) electrons. The Labute approximate surface area is 100 Å². The van der Waals surface area contributed by atoms with Crippen LogP contribution in [0.25, 0.3) is 0 Å². The Morgan fingerprint density at radius 2 is 1.75 bits per heavy atom. The normalized spacial score (nSPS) is 23.1. The molecule has 0 bridgehead atoms. The van der Waals surface area contributed by atoms with Gasteiger partial charge in [0.05, 0.1) is 5.60 Å². The van der Waals surface area contributed by atoms with Gasteiger partial charge in [-0.15, -0.1) is 0 Å². The van der Waals surface area contributed by atoms with E-state index in [9.17, 15) is 5.11 Å². The molecule has 1 aliphatic heterocycles. The van der Waals surface area contributed by atoms with Crippen LogP contribution in [0.4, 0.5) is 0 Å². The largest absolute Gasteiger partial charge is 0.388 e. The third-order valence-electron chi connectivity index (χ3n) is 3.15. The van der Waals surface area contributed by atoms with Gasteiger partial charge < -0.3 is 15.3 Å². The number of likely N-dealkylation sites (tertiary alicyclic amines) is 1. The van der Waals surface area contributed by atoms with Crippen molar-refractivity contribution in [3.8, 4) is 0 Å². The molecule has 0 saturated carbocycles. The topological polar surface area (TPSA) is 35.5 Å². The van der Waals surface area contributed by atoms with E-state index in [0.29, 0.717) is 12.6 Å². The van der Waals surface area contributed by atoms with Gasteiger partial charge in [-0.05, 0) is 32.9 Å². The van der Waals surface area contributed by atoms with Crippen LogP contribution in [0.1, 0.15) is 46.5 Å². The fourth-order valence-corrected chi connectivity index (χ4v) is 2.26. The summed E-state index contributed by atoms with van der Waals surface area (Å²) in [6, 6.07) is 0.440. The van der Waals surface area contributed by atoms with Gasteiger partial charge in [0.15, 0.2) is 0 Å². The third kappa shape index (κ3) is 5.83. The smallest absolute Gasteiger partial charge is 0.0869 e. The second kappa shape index (κ2) is 6.58. The average Bonchev–Trinajstić information content (AvgIpc) is 2.43. The monoisotopic (exact) mass is 228 g/mol. The zero-order valence-electron chi connectivity index (χ0n) is 11.1. The number of nitrogens with zero attached hydrogens (tertiary/aromatic N) is 1. The summed E-state index contributed by atoms with van der Waals surface area (Å²) in [7, 11) is 0. The first-order valence-corrected chi connectivity index (χ1v) is 6.68. The molecule has 1 heterocycles. The Morgan fingerprint density at radius 1 is 1.19 bits per heavy atom. The van der Waals surface area contributed by atoms with Crippen molar-refractivity contribution in [2.75, 3.05) is 26.2 Å². The molecule has 1 unspecified atom stereocenters. The summed E-state index contributed by atoms with van der Waals surface area (Å²) in [5.41, 5.74) is -0.603. The minimum Gasteiger partial charge on any atom is -0.388 e. The lowest BCUT2D eigenvalue weighted by Gasteiger charge is -2.31. The molecule has 1 fully saturated rings. The summed E-state index contributed by atoms with van der Waals surface area (Å²) >= 11 is 0. The summed E-state index contributed by atoms with van der Waals surface area (Å²) in [6.45, 7) is 9.95. The Morgan fingerprint density at radius 3 is 2.25 bits per heavy atom. The van der Waals surface area contributed by atoms with Crippen LogP contribution in [-0.4, -0.2) is 47.8 Å². The van der Waals surface area contributed by atoms with Crippen LogP contribution < -0.4 is 5.32 Å². The van der Waals surface area contributed by atoms with Crippen LogP contribution in [0.5, 0.6) is 0 Å². The number of nitrogens with one attached hydrogen (secondary N) is 1. The quantitative estimate of drug-likeness (QED) is 0.750. The Hall–Kier alpha value is -0.120. The maximum absolute atomic E-state index is 10.3. The van der Waals surface area contributed by atoms with Crippen molar-refractivity contribution < 1.29 is 5.11 Å². The maximum Gasteiger partial charge on any atom is 0.0869 e. The van der Waals surface area contributed by atoms with E-state index in [1.165, 1.54) is 25.7 Å². The van der Waals surface area contributed by atoms with Gasteiger partial charge in [0.1, 0.15) is 0 Å². The van der Waals surface area contributed by atoms with Crippen LogP contribution in [0.15, 0.2) is 0 Å². The van der Waals surface area contributed by atoms with E-state index in [1.807, 2.05) is 6.92 Å². The average molecular weight is 228 g/mol. The molecule has 1 rings (SSSR count). The zero-order valence-corrected chi connectivity index (χ0v) is 11.1. The number of hydrogen-bond donors (Lipinski definition) is 2. The van der Waals surface area contributed by atoms with Crippen molar-refractivity contribution in [3.63, 3.8) is 0 Å². The van der Waals surface area contributed by atoms with Gasteiger partial charge >= 0.3 is 0 Å². The first-order valence-electron chi connectivity index (χ1n) is 6.68. The van der Waals surface area contributed by atoms with E-state index in [-0.39, 0.29) is 0 Å². The molecule has 1 aliphatic rings. The van der Waals surface area contributed by atoms with E-state index in [0.717, 1.165) is 19.6 Å². The highest BCUT2D eigenvalue weighted by atomic mass is 16.3. The predicted octanol–water partition coefficient (Wildman–Crippen LogP) is 1.61. The van der Waals surface area contributed by atoms with Crippen LogP contribution in [-0.2, 0) is 0 Å². The summed E-state index contributed by atoms with van der Waals surface area (Å²) < 4.78 is 0. The Balaban J connectivity index is 2.31. The highest BCUT2D eigenvalue weighted by molar-refractivity contribution is 4.81. The molecule has 0 aromatic carbocycles. The van der Waals surface area contributed by atoms with Crippen LogP contribution >= 0.6 is 0 Å². The summed E-state index contributed by atoms with van der Waals surface area (Å²) in [6.07, 6.45) is 5.27. The molecule has 2 N–H and O–H groups in total. The van der Waals surface area contributed by atoms with Crippen molar-refractivity contribution in [2.24, 2.45) is 0 Å². The van der Waals surface area contributed by atoms with E-state index in [1.54, 1.807) is 0 Å². The van der Waals surface area contributed by atoms with E-state index < -0.39 is 5.60 Å². The van der Waals surface area contributed by atoms with Gasteiger partial charge in [0, 0.05) is 19.1 Å². The SMILES string of the molecule is CC(C)NCC(C)(O)CN1CCCCCC1. The highest BCUT2D eigenvalue weighted by Gasteiger charge is 2.24. The lowest BCUT2D eigenvalue weighted by molar-refractivity contribution is 0.0196. The number of aliphatic hydroxyl groups is 1. The van der Waals surface area contributed by atoms with Gasteiger partial charge in [0.2, 0.25) is 0 Å². The zero-order chi connectivity index (χ0) is 12.0. The predicted molar refractivity (Wildman–Crippen MR) is 68.7 cm³/mol. The molecular formula is C13H28N2O. The first-order chi connectivity index (χ1) is 7.49. The number of β-amino-alcohol motifs (C(OH)–C–C–N with tert-alkyl or cyclic N) is 1. The molecule has 0 aromatic heterocycles. The fraction of sp³-hybridized carbons (Fsp3) is 1.00. The van der Waals surface area contributed by atoms with E-state index in [4.69, 9.17) is 0 Å². The summed E-state index contributed by atoms with van der Waals surface area (Å²) in [4.78, 5) is 2.41. The fourth-order valence-electron chi connectivity index (χ4n) is 2.26. The lowest BCUT2D eigenvalue weighted by Crippen LogP contribution is -2.49. The van der Waals surface area contributed by atoms with Crippen molar-refractivity contribution in [1.29, 1.82) is 0 Å². The molecule has 3 nitrogen and oxygen atoms in total. The van der Waals surface area contributed by atoms with Gasteiger partial charge in [-0.25, -0.2) is 0 Å². The molecule has 1 atom stereocenters. The van der Waals surface area contributed by atoms with E-state index in [2.05, 4.69) is 24.1 Å². The molecular weight excluding hydrogens is 200 g/mol. The summed E-state index contributed by atoms with van der Waals surface area (Å²) in [5.74, 6) is 0. The van der Waals surface area contributed by atoms with Crippen LogP contribution in [0.3, 0.4) is 0 Å². The Kier molecular flexibility index (Phi) is 5.73. The van der Waals surface area contributed by atoms with Gasteiger partial charge in [-0.1, -0.05) is 26.7 Å². The molecule has 0 spiro atoms. The third-order valence-corrected chi connectivity index (χ3v) is 3.15. The van der Waals surface area contributed by atoms with Crippen molar-refractivity contribution in [2.45, 2.75) is 58.1 Å². The number of hydrogen-bond acceptors (Lipinski definition) is 3. The molecule has 0 amide bonds. The standard InChI is InChI=1S/C13H28N2O/c1-12(2)14-10-13(3,16)11-15-8-6-4-5-7-9-15/h12,14,16H,4-11H2,1-3H3. The Bertz CT molecular complexity index is 184.